The van der Waals surface area contributed by atoms with E-state index in [1.807, 2.05) is 42.7 Å². The molecular weight excluding hydrogens is 442 g/mol. The van der Waals surface area contributed by atoms with Crippen molar-refractivity contribution in [2.75, 3.05) is 32.9 Å². The number of imidazole rings is 1. The van der Waals surface area contributed by atoms with E-state index in [2.05, 4.69) is 9.88 Å². The molecule has 1 saturated heterocycles. The number of benzene rings is 1. The number of para-hydroxylation sites is 2. The number of hydrogen-bond donors (Lipinski definition) is 0. The largest absolute Gasteiger partial charge is 0.463 e. The molecule has 8 heteroatoms. The number of nitrogens with zero attached hydrogens (tertiary/aromatic N) is 3. The van der Waals surface area contributed by atoms with Gasteiger partial charge in [-0.1, -0.05) is 12.1 Å². The molecule has 0 radical (unpaired) electrons. The van der Waals surface area contributed by atoms with E-state index in [9.17, 15) is 4.79 Å². The van der Waals surface area contributed by atoms with Gasteiger partial charge in [-0.25, -0.2) is 9.78 Å². The highest BCUT2D eigenvalue weighted by Gasteiger charge is 2.32. The van der Waals surface area contributed by atoms with Gasteiger partial charge in [-0.2, -0.15) is 0 Å². The topological polar surface area (TPSA) is 56.6 Å². The second-order valence-corrected chi connectivity index (χ2v) is 5.29. The van der Waals surface area contributed by atoms with E-state index in [0.717, 1.165) is 16.9 Å². The Hall–Kier alpha value is -0.960. The number of aromatic nitrogens is 2. The van der Waals surface area contributed by atoms with Crippen LogP contribution in [0.2, 0.25) is 0 Å². The summed E-state index contributed by atoms with van der Waals surface area (Å²) in [5.41, 5.74) is 1.84. The molecule has 0 amide bonds. The van der Waals surface area contributed by atoms with Crippen molar-refractivity contribution >= 4 is 51.0 Å². The van der Waals surface area contributed by atoms with Crippen LogP contribution >= 0.6 is 34.0 Å². The van der Waals surface area contributed by atoms with E-state index < -0.39 is 6.17 Å². The molecular formula is C16H23Br2N3O3. The number of carbonyl (C=O) groups excluding carboxylic acids is 1. The Kier molecular flexibility index (Phi) is 8.35. The van der Waals surface area contributed by atoms with E-state index in [1.54, 1.807) is 0 Å². The molecule has 1 fully saturated rings. The number of hydrogen-bond acceptors (Lipinski definition) is 5. The van der Waals surface area contributed by atoms with Crippen LogP contribution in [0.25, 0.3) is 11.0 Å². The Morgan fingerprint density at radius 2 is 1.96 bits per heavy atom. The van der Waals surface area contributed by atoms with Crippen LogP contribution in [0.5, 0.6) is 0 Å². The third kappa shape index (κ3) is 4.17. The summed E-state index contributed by atoms with van der Waals surface area (Å²) in [5, 5.41) is 0. The summed E-state index contributed by atoms with van der Waals surface area (Å²) in [6.45, 7) is 6.78. The van der Waals surface area contributed by atoms with E-state index >= 15 is 0 Å². The molecule has 2 aromatic rings. The van der Waals surface area contributed by atoms with Crippen LogP contribution < -0.4 is 0 Å². The van der Waals surface area contributed by atoms with Crippen molar-refractivity contribution in [1.82, 2.24) is 14.5 Å². The van der Waals surface area contributed by atoms with Gasteiger partial charge in [-0.05, 0) is 26.0 Å². The number of morpholine rings is 1. The Morgan fingerprint density at radius 1 is 1.29 bits per heavy atom. The first kappa shape index (κ1) is 21.1. The van der Waals surface area contributed by atoms with Gasteiger partial charge in [0.1, 0.15) is 5.82 Å². The number of halogens is 2. The van der Waals surface area contributed by atoms with E-state index in [1.165, 1.54) is 0 Å². The van der Waals surface area contributed by atoms with E-state index in [4.69, 9.17) is 9.47 Å². The summed E-state index contributed by atoms with van der Waals surface area (Å²) in [6.07, 6.45) is -0.490. The fraction of sp³-hybridized carbons (Fsp3) is 0.500. The van der Waals surface area contributed by atoms with Crippen LogP contribution in [0.3, 0.4) is 0 Å². The zero-order valence-electron chi connectivity index (χ0n) is 13.8. The van der Waals surface area contributed by atoms with Gasteiger partial charge < -0.3 is 14.0 Å². The van der Waals surface area contributed by atoms with Crippen LogP contribution in [-0.2, 0) is 14.3 Å². The lowest BCUT2D eigenvalue weighted by molar-refractivity contribution is -0.155. The third-order valence-electron chi connectivity index (χ3n) is 3.91. The second-order valence-electron chi connectivity index (χ2n) is 5.29. The standard InChI is InChI=1S/C16H21N3O3.2BrH/c1-3-22-16(20)15(18-8-10-21-11-9-18)19-12(2)17-13-6-4-5-7-14(13)19;;/h4-7,15H,3,8-11H2,1-2H3;2*1H. The summed E-state index contributed by atoms with van der Waals surface area (Å²) in [4.78, 5) is 19.3. The first-order valence-corrected chi connectivity index (χ1v) is 7.64. The molecule has 1 aliphatic heterocycles. The maximum absolute atomic E-state index is 12.6. The summed E-state index contributed by atoms with van der Waals surface area (Å²) >= 11 is 0. The summed E-state index contributed by atoms with van der Waals surface area (Å²) in [6, 6.07) is 7.86. The lowest BCUT2D eigenvalue weighted by atomic mass is 10.3. The summed E-state index contributed by atoms with van der Waals surface area (Å²) in [7, 11) is 0. The molecule has 134 valence electrons. The van der Waals surface area contributed by atoms with Crippen molar-refractivity contribution in [1.29, 1.82) is 0 Å². The van der Waals surface area contributed by atoms with Gasteiger partial charge in [0, 0.05) is 13.1 Å². The lowest BCUT2D eigenvalue weighted by Gasteiger charge is -2.34. The van der Waals surface area contributed by atoms with Gasteiger partial charge in [0.2, 0.25) is 0 Å². The van der Waals surface area contributed by atoms with Crippen LogP contribution in [-0.4, -0.2) is 53.3 Å². The molecule has 3 rings (SSSR count). The quantitative estimate of drug-likeness (QED) is 0.651. The van der Waals surface area contributed by atoms with Crippen LogP contribution in [0.1, 0.15) is 18.9 Å². The smallest absolute Gasteiger partial charge is 0.344 e. The average Bonchev–Trinajstić information content (AvgIpc) is 2.86. The Labute approximate surface area is 162 Å². The highest BCUT2D eigenvalue weighted by atomic mass is 79.9. The molecule has 1 aromatic carbocycles. The molecule has 0 saturated carbocycles. The fourth-order valence-electron chi connectivity index (χ4n) is 2.93. The minimum atomic E-state index is -0.490. The van der Waals surface area contributed by atoms with Crippen molar-refractivity contribution in [2.24, 2.45) is 0 Å². The van der Waals surface area contributed by atoms with E-state index in [0.29, 0.717) is 32.9 Å². The fourth-order valence-corrected chi connectivity index (χ4v) is 2.93. The van der Waals surface area contributed by atoms with Crippen LogP contribution in [0.4, 0.5) is 0 Å². The number of rotatable bonds is 4. The first-order chi connectivity index (χ1) is 10.7. The highest BCUT2D eigenvalue weighted by Crippen LogP contribution is 2.25. The van der Waals surface area contributed by atoms with Crippen molar-refractivity contribution in [2.45, 2.75) is 20.0 Å². The molecule has 1 unspecified atom stereocenters. The van der Waals surface area contributed by atoms with Gasteiger partial charge in [0.15, 0.2) is 6.17 Å². The van der Waals surface area contributed by atoms with Gasteiger partial charge in [0.05, 0.1) is 30.9 Å². The van der Waals surface area contributed by atoms with Crippen molar-refractivity contribution in [3.63, 3.8) is 0 Å². The maximum atomic E-state index is 12.6. The number of esters is 1. The van der Waals surface area contributed by atoms with E-state index in [-0.39, 0.29) is 39.9 Å². The normalized spacial score (nSPS) is 16.1. The summed E-state index contributed by atoms with van der Waals surface area (Å²) < 4.78 is 12.7. The number of aryl methyl sites for hydroxylation is 1. The monoisotopic (exact) mass is 463 g/mol. The SMILES string of the molecule is Br.Br.CCOC(=O)C(N1CCOCC1)n1c(C)nc2ccccc21. The molecule has 0 N–H and O–H groups in total. The molecule has 2 heterocycles. The number of fused-ring (bicyclic) bond motifs is 1. The molecule has 0 bridgehead atoms. The van der Waals surface area contributed by atoms with Gasteiger partial charge in [-0.15, -0.1) is 34.0 Å². The molecule has 1 aliphatic rings. The highest BCUT2D eigenvalue weighted by molar-refractivity contribution is 8.93. The lowest BCUT2D eigenvalue weighted by Crippen LogP contribution is -2.45. The van der Waals surface area contributed by atoms with Gasteiger partial charge >= 0.3 is 5.97 Å². The van der Waals surface area contributed by atoms with Crippen molar-refractivity contribution in [3.8, 4) is 0 Å². The number of ether oxygens (including phenoxy) is 2. The molecule has 1 atom stereocenters. The number of carbonyl (C=O) groups is 1. The molecule has 1 aromatic heterocycles. The minimum absolute atomic E-state index is 0. The molecule has 0 aliphatic carbocycles. The zero-order chi connectivity index (χ0) is 15.5. The Balaban J connectivity index is 0.00000144. The first-order valence-electron chi connectivity index (χ1n) is 7.64. The van der Waals surface area contributed by atoms with Crippen LogP contribution in [0.15, 0.2) is 24.3 Å². The van der Waals surface area contributed by atoms with Crippen LogP contribution in [0, 0.1) is 6.92 Å². The second kappa shape index (κ2) is 9.50. The average molecular weight is 465 g/mol. The predicted octanol–water partition coefficient (Wildman–Crippen LogP) is 2.89. The van der Waals surface area contributed by atoms with Gasteiger partial charge in [0.25, 0.3) is 0 Å². The van der Waals surface area contributed by atoms with Gasteiger partial charge in [-0.3, -0.25) is 4.90 Å². The summed E-state index contributed by atoms with van der Waals surface area (Å²) in [5.74, 6) is 0.571. The maximum Gasteiger partial charge on any atom is 0.344 e. The van der Waals surface area contributed by atoms with Crippen molar-refractivity contribution < 1.29 is 14.3 Å². The minimum Gasteiger partial charge on any atom is -0.463 e. The zero-order valence-corrected chi connectivity index (χ0v) is 17.2. The Morgan fingerprint density at radius 3 is 2.62 bits per heavy atom. The predicted molar refractivity (Wildman–Crippen MR) is 103 cm³/mol. The molecule has 24 heavy (non-hydrogen) atoms. The molecule has 0 spiro atoms. The molecule has 6 nitrogen and oxygen atoms in total. The Bertz CT molecular complexity index is 672. The van der Waals surface area contributed by atoms with Crippen molar-refractivity contribution in [3.05, 3.63) is 30.1 Å². The third-order valence-corrected chi connectivity index (χ3v) is 3.91.